The van der Waals surface area contributed by atoms with E-state index in [9.17, 15) is 0 Å². The SMILES string of the molecule is CN=C(N)[N+](C)(C)C.[N-]=[N+]=[N-]. The minimum atomic E-state index is 0.608. The normalized spacial score (nSPS) is 11.1. The van der Waals surface area contributed by atoms with Crippen LogP contribution >= 0.6 is 0 Å². The first kappa shape index (κ1) is 12.4. The molecule has 0 saturated heterocycles. The van der Waals surface area contributed by atoms with Crippen molar-refractivity contribution in [3.05, 3.63) is 16.0 Å². The third-order valence-electron chi connectivity index (χ3n) is 0.916. The van der Waals surface area contributed by atoms with E-state index in [2.05, 4.69) is 4.99 Å². The zero-order valence-electron chi connectivity index (χ0n) is 7.31. The Morgan fingerprint density at radius 3 is 1.64 bits per heavy atom. The van der Waals surface area contributed by atoms with Crippen LogP contribution in [0.4, 0.5) is 0 Å². The third-order valence-corrected chi connectivity index (χ3v) is 0.916. The zero-order chi connectivity index (χ0) is 9.49. The van der Waals surface area contributed by atoms with Crippen molar-refractivity contribution in [1.82, 2.24) is 0 Å². The van der Waals surface area contributed by atoms with E-state index >= 15 is 0 Å². The molecule has 0 aromatic heterocycles. The van der Waals surface area contributed by atoms with Crippen molar-refractivity contribution < 1.29 is 4.48 Å². The van der Waals surface area contributed by atoms with Crippen molar-refractivity contribution in [3.63, 3.8) is 0 Å². The van der Waals surface area contributed by atoms with E-state index in [0.29, 0.717) is 10.4 Å². The van der Waals surface area contributed by atoms with Crippen molar-refractivity contribution in [1.29, 1.82) is 0 Å². The standard InChI is InChI=1S/C5H14N3.N3/c1-7-5(6)8(2,3)4;1-3-2/h1-4H3,(H2,6,7);/q+1;-1. The fourth-order valence-electron chi connectivity index (χ4n) is 0.300. The van der Waals surface area contributed by atoms with Gasteiger partial charge in [0.2, 0.25) is 0 Å². The van der Waals surface area contributed by atoms with Crippen molar-refractivity contribution in [2.75, 3.05) is 28.2 Å². The maximum atomic E-state index is 6.75. The van der Waals surface area contributed by atoms with E-state index in [1.54, 1.807) is 7.05 Å². The van der Waals surface area contributed by atoms with Crippen molar-refractivity contribution in [2.24, 2.45) is 10.7 Å². The molecule has 0 spiro atoms. The van der Waals surface area contributed by atoms with Crippen LogP contribution in [0.15, 0.2) is 4.99 Å². The van der Waals surface area contributed by atoms with Gasteiger partial charge < -0.3 is 16.8 Å². The molecule has 0 aromatic rings. The number of rotatable bonds is 0. The van der Waals surface area contributed by atoms with Crippen LogP contribution in [0.25, 0.3) is 16.0 Å². The highest BCUT2D eigenvalue weighted by molar-refractivity contribution is 5.70. The summed E-state index contributed by atoms with van der Waals surface area (Å²) >= 11 is 0. The van der Waals surface area contributed by atoms with Gasteiger partial charge in [0.05, 0.1) is 21.1 Å². The lowest BCUT2D eigenvalue weighted by Crippen LogP contribution is -2.46. The molecule has 6 nitrogen and oxygen atoms in total. The van der Waals surface area contributed by atoms with E-state index in [-0.39, 0.29) is 0 Å². The lowest BCUT2D eigenvalue weighted by molar-refractivity contribution is -0.778. The number of nitrogens with two attached hydrogens (primary N) is 1. The highest BCUT2D eigenvalue weighted by Crippen LogP contribution is 1.86. The predicted molar refractivity (Wildman–Crippen MR) is 45.7 cm³/mol. The number of guanidine groups is 1. The summed E-state index contributed by atoms with van der Waals surface area (Å²) in [5.41, 5.74) is 19.0. The van der Waals surface area contributed by atoms with Gasteiger partial charge in [-0.15, -0.1) is 0 Å². The van der Waals surface area contributed by atoms with Gasteiger partial charge in [0, 0.05) is 7.05 Å². The van der Waals surface area contributed by atoms with Crippen LogP contribution in [0.2, 0.25) is 0 Å². The molecule has 0 aliphatic rings. The fourth-order valence-corrected chi connectivity index (χ4v) is 0.300. The zero-order valence-corrected chi connectivity index (χ0v) is 7.31. The third kappa shape index (κ3) is 8.74. The molecule has 0 unspecified atom stereocenters. The Bertz CT molecular complexity index is 158. The second-order valence-electron chi connectivity index (χ2n) is 2.68. The molecular formula is C5H14N6. The minimum Gasteiger partial charge on any atom is -0.373 e. The molecule has 0 radical (unpaired) electrons. The van der Waals surface area contributed by atoms with Gasteiger partial charge in [-0.25, -0.2) is 4.99 Å². The Labute approximate surface area is 66.3 Å². The Hall–Kier alpha value is -1.26. The van der Waals surface area contributed by atoms with Gasteiger partial charge in [0.15, 0.2) is 0 Å². The molecule has 0 bridgehead atoms. The number of aliphatic imine (C=N–C) groups is 1. The summed E-state index contributed by atoms with van der Waals surface area (Å²) in [5.74, 6) is 0.644. The molecule has 0 rings (SSSR count). The Kier molecular flexibility index (Phi) is 6.23. The molecule has 6 heteroatoms. The average Bonchev–Trinajstić information content (AvgIpc) is 1.86. The summed E-state index contributed by atoms with van der Waals surface area (Å²) in [6.45, 7) is 0. The first-order valence-electron chi connectivity index (χ1n) is 2.92. The number of hydrogen-bond donors (Lipinski definition) is 1. The van der Waals surface area contributed by atoms with E-state index in [1.165, 1.54) is 4.91 Å². The topological polar surface area (TPSA) is 97.1 Å². The van der Waals surface area contributed by atoms with Crippen LogP contribution in [0.5, 0.6) is 0 Å². The highest BCUT2D eigenvalue weighted by Gasteiger charge is 2.10. The van der Waals surface area contributed by atoms with Gasteiger partial charge in [-0.2, -0.15) is 0 Å². The predicted octanol–water partition coefficient (Wildman–Crippen LogP) is 0.503. The molecular weight excluding hydrogens is 144 g/mol. The highest BCUT2D eigenvalue weighted by atomic mass is 15.4. The second-order valence-corrected chi connectivity index (χ2v) is 2.68. The molecule has 0 atom stereocenters. The molecule has 0 fully saturated rings. The van der Waals surface area contributed by atoms with E-state index in [4.69, 9.17) is 16.8 Å². The van der Waals surface area contributed by atoms with E-state index in [0.717, 1.165) is 0 Å². The fraction of sp³-hybridized carbons (Fsp3) is 0.800. The summed E-state index contributed by atoms with van der Waals surface area (Å²) in [6.07, 6.45) is 0. The first-order chi connectivity index (χ1) is 4.90. The lowest BCUT2D eigenvalue weighted by atomic mass is 10.7. The van der Waals surface area contributed by atoms with Gasteiger partial charge in [-0.1, -0.05) is 0 Å². The Morgan fingerprint density at radius 1 is 1.36 bits per heavy atom. The molecule has 0 saturated carbocycles. The van der Waals surface area contributed by atoms with Gasteiger partial charge in [-0.3, -0.25) is 9.39 Å². The summed E-state index contributed by atoms with van der Waals surface area (Å²) < 4.78 is 0.608. The number of quaternary nitrogens is 1. The van der Waals surface area contributed by atoms with Crippen molar-refractivity contribution >= 4 is 5.96 Å². The van der Waals surface area contributed by atoms with Gasteiger partial charge in [-0.05, 0) is 0 Å². The molecule has 0 aromatic carbocycles. The summed E-state index contributed by atoms with van der Waals surface area (Å²) in [4.78, 5) is 5.33. The number of nitrogens with zero attached hydrogens (tertiary/aromatic N) is 5. The van der Waals surface area contributed by atoms with Crippen LogP contribution < -0.4 is 5.73 Å². The monoisotopic (exact) mass is 158 g/mol. The molecule has 0 heterocycles. The maximum Gasteiger partial charge on any atom is 0.294 e. The second kappa shape index (κ2) is 5.52. The van der Waals surface area contributed by atoms with Gasteiger partial charge in [0.1, 0.15) is 0 Å². The van der Waals surface area contributed by atoms with Crippen LogP contribution in [0.3, 0.4) is 0 Å². The quantitative estimate of drug-likeness (QED) is 0.136. The molecule has 11 heavy (non-hydrogen) atoms. The smallest absolute Gasteiger partial charge is 0.294 e. The lowest BCUT2D eigenvalue weighted by Gasteiger charge is -2.20. The number of hydrogen-bond acceptors (Lipinski definition) is 1. The molecule has 64 valence electrons. The largest absolute Gasteiger partial charge is 0.373 e. The molecule has 2 N–H and O–H groups in total. The summed E-state index contributed by atoms with van der Waals surface area (Å²) in [6, 6.07) is 0. The van der Waals surface area contributed by atoms with Crippen molar-refractivity contribution in [2.45, 2.75) is 0 Å². The molecule has 0 aliphatic heterocycles. The van der Waals surface area contributed by atoms with Crippen LogP contribution in [0.1, 0.15) is 0 Å². The summed E-state index contributed by atoms with van der Waals surface area (Å²) in [5, 5.41) is 0. The van der Waals surface area contributed by atoms with Crippen LogP contribution in [-0.4, -0.2) is 38.6 Å². The van der Waals surface area contributed by atoms with Crippen LogP contribution in [0, 0.1) is 0 Å². The minimum absolute atomic E-state index is 0.608. The summed E-state index contributed by atoms with van der Waals surface area (Å²) in [7, 11) is 7.62. The molecule has 0 amide bonds. The Balaban J connectivity index is 0. The first-order valence-corrected chi connectivity index (χ1v) is 2.92. The average molecular weight is 158 g/mol. The van der Waals surface area contributed by atoms with E-state index in [1.807, 2.05) is 21.1 Å². The van der Waals surface area contributed by atoms with Gasteiger partial charge in [0.25, 0.3) is 5.96 Å². The van der Waals surface area contributed by atoms with Gasteiger partial charge >= 0.3 is 0 Å². The molecule has 0 aliphatic carbocycles. The van der Waals surface area contributed by atoms with Crippen molar-refractivity contribution in [3.8, 4) is 0 Å². The Morgan fingerprint density at radius 2 is 1.64 bits per heavy atom. The maximum absolute atomic E-state index is 6.75. The van der Waals surface area contributed by atoms with E-state index < -0.39 is 0 Å². The van der Waals surface area contributed by atoms with Crippen LogP contribution in [-0.2, 0) is 0 Å².